The zero-order valence-electron chi connectivity index (χ0n) is 54.2. The van der Waals surface area contributed by atoms with Crippen LogP contribution >= 0.6 is 0 Å². The Balaban J connectivity index is 4.07. The van der Waals surface area contributed by atoms with Crippen LogP contribution in [0.25, 0.3) is 0 Å². The predicted molar refractivity (Wildman–Crippen MR) is 357 cm³/mol. The van der Waals surface area contributed by atoms with E-state index in [1.807, 2.05) is 0 Å². The molecule has 0 amide bonds. The number of carbonyl (C=O) groups excluding carboxylic acids is 3. The van der Waals surface area contributed by atoms with E-state index in [-0.39, 0.29) is 37.5 Å². The van der Waals surface area contributed by atoms with E-state index in [0.29, 0.717) is 19.3 Å². The van der Waals surface area contributed by atoms with Crippen LogP contribution < -0.4 is 0 Å². The van der Waals surface area contributed by atoms with Gasteiger partial charge in [0, 0.05) is 19.3 Å². The van der Waals surface area contributed by atoms with Crippen molar-refractivity contribution >= 4 is 17.9 Å². The summed E-state index contributed by atoms with van der Waals surface area (Å²) < 4.78 is 16.8. The standard InChI is InChI=1S/C76H132O6/c1-4-7-10-13-16-19-21-23-25-27-29-31-32-33-34-35-36-37-38-39-40-41-42-43-44-46-47-49-51-53-55-57-60-63-66-69-75(78)81-72-73(71-80-74(77)68-65-62-59-18-15-12-9-6-3)82-76(79)70-67-64-61-58-56-54-52-50-48-45-30-28-26-24-22-20-17-14-11-8-5-2/h8,11,17,20-21,23-24,26-27,29-30,45,50,52,56,58,73H,4-7,9-10,12-16,18-19,22,25,28,31-44,46-49,51,53-55,57,59-72H2,1-3H3/b11-8-,20-17-,23-21-,26-24-,29-27-,45-30-,52-50-,58-56-. The first kappa shape index (κ1) is 78.3. The van der Waals surface area contributed by atoms with E-state index >= 15 is 0 Å². The highest BCUT2D eigenvalue weighted by Gasteiger charge is 2.19. The first-order chi connectivity index (χ1) is 40.5. The predicted octanol–water partition coefficient (Wildman–Crippen LogP) is 24.4. The zero-order valence-corrected chi connectivity index (χ0v) is 54.2. The van der Waals surface area contributed by atoms with Gasteiger partial charge in [0.25, 0.3) is 0 Å². The molecular weight excluding hydrogens is 1010 g/mol. The van der Waals surface area contributed by atoms with Crippen molar-refractivity contribution in [3.05, 3.63) is 97.2 Å². The SMILES string of the molecule is CC/C=C\C/C=C\C/C=C\C/C=C\C/C=C\C/C=C\CCCCC(=O)OC(COC(=O)CCCCCCCCCC)COC(=O)CCCCCCCCCCCCCCCCCCCCCCCCC/C=C\C/C=C\CCCCCCC. The summed E-state index contributed by atoms with van der Waals surface area (Å²) in [5, 5.41) is 0. The number of ether oxygens (including phenoxy) is 3. The normalized spacial score (nSPS) is 12.7. The highest BCUT2D eigenvalue weighted by atomic mass is 16.6. The second-order valence-electron chi connectivity index (χ2n) is 23.4. The number of hydrogen-bond donors (Lipinski definition) is 0. The first-order valence-corrected chi connectivity index (χ1v) is 35.2. The summed E-state index contributed by atoms with van der Waals surface area (Å²) in [4.78, 5) is 38.2. The lowest BCUT2D eigenvalue weighted by molar-refractivity contribution is -0.167. The van der Waals surface area contributed by atoms with Crippen molar-refractivity contribution in [1.82, 2.24) is 0 Å². The molecule has 0 aromatic carbocycles. The molecule has 0 aliphatic carbocycles. The van der Waals surface area contributed by atoms with Crippen LogP contribution in [0.3, 0.4) is 0 Å². The minimum absolute atomic E-state index is 0.0915. The molecule has 82 heavy (non-hydrogen) atoms. The van der Waals surface area contributed by atoms with Gasteiger partial charge in [-0.2, -0.15) is 0 Å². The number of hydrogen-bond acceptors (Lipinski definition) is 6. The molecular formula is C76H132O6. The molecule has 472 valence electrons. The molecule has 0 aromatic rings. The first-order valence-electron chi connectivity index (χ1n) is 35.2. The molecule has 1 atom stereocenters. The summed E-state index contributed by atoms with van der Waals surface area (Å²) >= 11 is 0. The van der Waals surface area contributed by atoms with E-state index in [0.717, 1.165) is 96.3 Å². The van der Waals surface area contributed by atoms with Crippen LogP contribution in [-0.4, -0.2) is 37.2 Å². The van der Waals surface area contributed by atoms with Crippen molar-refractivity contribution in [1.29, 1.82) is 0 Å². The maximum atomic E-state index is 12.9. The molecule has 0 aliphatic heterocycles. The van der Waals surface area contributed by atoms with E-state index in [2.05, 4.69) is 118 Å². The summed E-state index contributed by atoms with van der Waals surface area (Å²) in [6, 6.07) is 0. The Morgan fingerprint density at radius 2 is 0.476 bits per heavy atom. The van der Waals surface area contributed by atoms with E-state index < -0.39 is 6.10 Å². The van der Waals surface area contributed by atoms with Gasteiger partial charge in [-0.05, 0) is 103 Å². The average molecular weight is 1140 g/mol. The quantitative estimate of drug-likeness (QED) is 0.0261. The van der Waals surface area contributed by atoms with E-state index in [9.17, 15) is 14.4 Å². The van der Waals surface area contributed by atoms with Crippen LogP contribution in [0.4, 0.5) is 0 Å². The lowest BCUT2D eigenvalue weighted by Crippen LogP contribution is -2.30. The molecule has 0 aliphatic rings. The van der Waals surface area contributed by atoms with Crippen LogP contribution in [0.15, 0.2) is 97.2 Å². The molecule has 0 fully saturated rings. The summed E-state index contributed by atoms with van der Waals surface area (Å²) in [5.41, 5.74) is 0. The minimum Gasteiger partial charge on any atom is -0.462 e. The minimum atomic E-state index is -0.798. The number of rotatable bonds is 64. The van der Waals surface area contributed by atoms with Crippen LogP contribution in [0.2, 0.25) is 0 Å². The summed E-state index contributed by atoms with van der Waals surface area (Å²) in [7, 11) is 0. The van der Waals surface area contributed by atoms with Crippen LogP contribution in [0.5, 0.6) is 0 Å². The smallest absolute Gasteiger partial charge is 0.306 e. The number of esters is 3. The molecule has 0 aromatic heterocycles. The maximum absolute atomic E-state index is 12.9. The van der Waals surface area contributed by atoms with Crippen molar-refractivity contribution < 1.29 is 28.6 Å². The largest absolute Gasteiger partial charge is 0.462 e. The lowest BCUT2D eigenvalue weighted by atomic mass is 10.0. The second kappa shape index (κ2) is 69.8. The van der Waals surface area contributed by atoms with E-state index in [1.54, 1.807) is 0 Å². The Hall–Kier alpha value is -3.67. The van der Waals surface area contributed by atoms with Crippen molar-refractivity contribution in [2.24, 2.45) is 0 Å². The van der Waals surface area contributed by atoms with Crippen molar-refractivity contribution in [3.63, 3.8) is 0 Å². The number of carbonyl (C=O) groups is 3. The highest BCUT2D eigenvalue weighted by molar-refractivity contribution is 5.71. The Kier molecular flexibility index (Phi) is 66.7. The molecule has 0 bridgehead atoms. The molecule has 0 saturated heterocycles. The molecule has 0 saturated carbocycles. The molecule has 0 heterocycles. The van der Waals surface area contributed by atoms with Gasteiger partial charge in [0.15, 0.2) is 6.10 Å². The Labute approximate surface area is 508 Å². The third-order valence-electron chi connectivity index (χ3n) is 15.3. The molecule has 0 rings (SSSR count). The molecule has 0 N–H and O–H groups in total. The average Bonchev–Trinajstić information content (AvgIpc) is 3.48. The lowest BCUT2D eigenvalue weighted by Gasteiger charge is -2.18. The fraction of sp³-hybridized carbons (Fsp3) is 0.750. The van der Waals surface area contributed by atoms with Gasteiger partial charge in [-0.15, -0.1) is 0 Å². The van der Waals surface area contributed by atoms with Gasteiger partial charge >= 0.3 is 17.9 Å². The summed E-state index contributed by atoms with van der Waals surface area (Å²) in [6.45, 7) is 6.48. The van der Waals surface area contributed by atoms with Crippen molar-refractivity contribution in [3.8, 4) is 0 Å². The fourth-order valence-electron chi connectivity index (χ4n) is 10.1. The van der Waals surface area contributed by atoms with E-state index in [4.69, 9.17) is 14.2 Å². The van der Waals surface area contributed by atoms with Gasteiger partial charge in [0.1, 0.15) is 13.2 Å². The fourth-order valence-corrected chi connectivity index (χ4v) is 10.1. The van der Waals surface area contributed by atoms with Gasteiger partial charge in [0.05, 0.1) is 0 Å². The molecule has 1 unspecified atom stereocenters. The third kappa shape index (κ3) is 67.1. The van der Waals surface area contributed by atoms with Crippen molar-refractivity contribution in [2.45, 2.75) is 354 Å². The van der Waals surface area contributed by atoms with Crippen LogP contribution in [0, 0.1) is 0 Å². The van der Waals surface area contributed by atoms with Crippen LogP contribution in [0.1, 0.15) is 348 Å². The summed E-state index contributed by atoms with van der Waals surface area (Å²) in [5.74, 6) is -0.927. The van der Waals surface area contributed by atoms with Gasteiger partial charge in [-0.1, -0.05) is 323 Å². The third-order valence-corrected chi connectivity index (χ3v) is 15.3. The maximum Gasteiger partial charge on any atom is 0.306 e. The Morgan fingerprint density at radius 3 is 0.768 bits per heavy atom. The molecule has 0 radical (unpaired) electrons. The number of allylic oxidation sites excluding steroid dienone is 16. The molecule has 6 nitrogen and oxygen atoms in total. The Bertz CT molecular complexity index is 1590. The molecule has 6 heteroatoms. The summed E-state index contributed by atoms with van der Waals surface area (Å²) in [6.07, 6.45) is 94.8. The topological polar surface area (TPSA) is 78.9 Å². The van der Waals surface area contributed by atoms with Crippen LogP contribution in [-0.2, 0) is 28.6 Å². The zero-order chi connectivity index (χ0) is 59.2. The second-order valence-corrected chi connectivity index (χ2v) is 23.4. The number of unbranched alkanes of at least 4 members (excludes halogenated alkanes) is 37. The van der Waals surface area contributed by atoms with Gasteiger partial charge in [-0.25, -0.2) is 0 Å². The van der Waals surface area contributed by atoms with Gasteiger partial charge in [0.2, 0.25) is 0 Å². The van der Waals surface area contributed by atoms with Crippen molar-refractivity contribution in [2.75, 3.05) is 13.2 Å². The molecule has 0 spiro atoms. The van der Waals surface area contributed by atoms with Gasteiger partial charge in [-0.3, -0.25) is 14.4 Å². The van der Waals surface area contributed by atoms with E-state index in [1.165, 1.54) is 205 Å². The van der Waals surface area contributed by atoms with Gasteiger partial charge < -0.3 is 14.2 Å². The monoisotopic (exact) mass is 1140 g/mol. The highest BCUT2D eigenvalue weighted by Crippen LogP contribution is 2.18. The Morgan fingerprint density at radius 1 is 0.256 bits per heavy atom.